The molecule has 2 N–H and O–H groups in total. The molecule has 158 valence electrons. The lowest BCUT2D eigenvalue weighted by atomic mass is 10.1. The summed E-state index contributed by atoms with van der Waals surface area (Å²) in [5, 5.41) is 10.4. The Bertz CT molecular complexity index is 1180. The van der Waals surface area contributed by atoms with E-state index in [9.17, 15) is 5.11 Å². The molecule has 0 saturated carbocycles. The molecule has 3 heterocycles. The average Bonchev–Trinajstić information content (AvgIpc) is 3.20. The van der Waals surface area contributed by atoms with Crippen LogP contribution in [-0.4, -0.2) is 59.0 Å². The topological polar surface area (TPSA) is 58.6 Å². The van der Waals surface area contributed by atoms with E-state index >= 15 is 0 Å². The predicted octanol–water partition coefficient (Wildman–Crippen LogP) is 2.09. The lowest BCUT2D eigenvalue weighted by molar-refractivity contribution is -0.900. The van der Waals surface area contributed by atoms with E-state index in [2.05, 4.69) is 71.1 Å². The Morgan fingerprint density at radius 3 is 2.55 bits per heavy atom. The summed E-state index contributed by atoms with van der Waals surface area (Å²) in [6.07, 6.45) is 3.88. The summed E-state index contributed by atoms with van der Waals surface area (Å²) in [4.78, 5) is 13.3. The fourth-order valence-corrected chi connectivity index (χ4v) is 4.54. The summed E-state index contributed by atoms with van der Waals surface area (Å²) < 4.78 is 2.18. The second-order valence-electron chi connectivity index (χ2n) is 8.22. The maximum absolute atomic E-state index is 9.28. The van der Waals surface area contributed by atoms with Gasteiger partial charge in [-0.15, -0.1) is 0 Å². The molecule has 0 bridgehead atoms. The van der Waals surface area contributed by atoms with E-state index in [4.69, 9.17) is 9.97 Å². The van der Waals surface area contributed by atoms with Gasteiger partial charge in [-0.2, -0.15) is 0 Å². The van der Waals surface area contributed by atoms with Crippen LogP contribution in [0.1, 0.15) is 5.56 Å². The molecule has 0 spiro atoms. The number of nitrogens with zero attached hydrogens (tertiary/aromatic N) is 4. The van der Waals surface area contributed by atoms with Crippen molar-refractivity contribution < 1.29 is 10.0 Å². The number of benzene rings is 2. The van der Waals surface area contributed by atoms with Crippen LogP contribution in [0.3, 0.4) is 0 Å². The lowest BCUT2D eigenvalue weighted by Gasteiger charge is -2.33. The molecule has 2 aromatic heterocycles. The summed E-state index contributed by atoms with van der Waals surface area (Å²) in [6.45, 7) is 7.02. The molecule has 6 heteroatoms. The van der Waals surface area contributed by atoms with Gasteiger partial charge in [-0.05, 0) is 30.2 Å². The number of hydrogen-bond donors (Lipinski definition) is 2. The highest BCUT2D eigenvalue weighted by molar-refractivity contribution is 6.02. The summed E-state index contributed by atoms with van der Waals surface area (Å²) >= 11 is 0. The number of aliphatic hydroxyl groups is 1. The van der Waals surface area contributed by atoms with Gasteiger partial charge in [0.05, 0.1) is 38.2 Å². The van der Waals surface area contributed by atoms with Gasteiger partial charge >= 0.3 is 0 Å². The Balaban J connectivity index is 1.66. The number of aryl methyl sites for hydroxylation is 1. The number of hydrogen-bond acceptors (Lipinski definition) is 4. The van der Waals surface area contributed by atoms with Gasteiger partial charge in [0.2, 0.25) is 0 Å². The first-order valence-electron chi connectivity index (χ1n) is 10.9. The minimum absolute atomic E-state index is 0.241. The highest BCUT2D eigenvalue weighted by Gasteiger charge is 2.25. The molecule has 31 heavy (non-hydrogen) atoms. The third kappa shape index (κ3) is 3.80. The zero-order chi connectivity index (χ0) is 21.2. The van der Waals surface area contributed by atoms with Crippen LogP contribution in [0.5, 0.6) is 0 Å². The Morgan fingerprint density at radius 2 is 1.81 bits per heavy atom. The number of piperazine rings is 1. The SMILES string of the molecule is Cc1cccc(-n2cc(-c3ccccc3)c3c(N4CC[NH+](CCO)CC4)ncnc32)c1. The number of aromatic nitrogens is 3. The lowest BCUT2D eigenvalue weighted by Crippen LogP contribution is -3.15. The Morgan fingerprint density at radius 1 is 1.00 bits per heavy atom. The molecule has 4 aromatic rings. The summed E-state index contributed by atoms with van der Waals surface area (Å²) in [5.74, 6) is 0.998. The van der Waals surface area contributed by atoms with Gasteiger partial charge in [-0.1, -0.05) is 42.5 Å². The first-order chi connectivity index (χ1) is 15.2. The molecule has 0 unspecified atom stereocenters. The largest absolute Gasteiger partial charge is 0.391 e. The number of fused-ring (bicyclic) bond motifs is 1. The fourth-order valence-electron chi connectivity index (χ4n) is 4.54. The standard InChI is InChI=1S/C25H27N5O/c1-19-6-5-9-21(16-19)30-17-22(20-7-3-2-4-8-20)23-24(26-18-27-25(23)30)29-12-10-28(11-13-29)14-15-31/h2-9,16-18,31H,10-15H2,1H3/p+1. The van der Waals surface area contributed by atoms with Crippen LogP contribution in [-0.2, 0) is 0 Å². The predicted molar refractivity (Wildman–Crippen MR) is 124 cm³/mol. The second kappa shape index (κ2) is 8.49. The van der Waals surface area contributed by atoms with Gasteiger partial charge in [0, 0.05) is 17.4 Å². The van der Waals surface area contributed by atoms with Crippen molar-refractivity contribution in [3.8, 4) is 16.8 Å². The van der Waals surface area contributed by atoms with Crippen LogP contribution >= 0.6 is 0 Å². The van der Waals surface area contributed by atoms with Crippen molar-refractivity contribution in [3.05, 3.63) is 72.7 Å². The fraction of sp³-hybridized carbons (Fsp3) is 0.280. The van der Waals surface area contributed by atoms with Gasteiger partial charge in [-0.3, -0.25) is 0 Å². The number of aliphatic hydroxyl groups excluding tert-OH is 1. The number of rotatable bonds is 5. The minimum atomic E-state index is 0.241. The Hall–Kier alpha value is -3.22. The number of quaternary nitrogens is 1. The van der Waals surface area contributed by atoms with Gasteiger partial charge in [-0.25, -0.2) is 9.97 Å². The van der Waals surface area contributed by atoms with Crippen molar-refractivity contribution in [1.29, 1.82) is 0 Å². The molecule has 0 amide bonds. The van der Waals surface area contributed by atoms with Crippen LogP contribution in [0.4, 0.5) is 5.82 Å². The molecule has 1 saturated heterocycles. The molecule has 0 radical (unpaired) electrons. The molecule has 0 aliphatic carbocycles. The van der Waals surface area contributed by atoms with Crippen molar-refractivity contribution in [1.82, 2.24) is 14.5 Å². The van der Waals surface area contributed by atoms with E-state index in [0.29, 0.717) is 0 Å². The van der Waals surface area contributed by atoms with Gasteiger partial charge < -0.3 is 19.5 Å². The second-order valence-corrected chi connectivity index (χ2v) is 8.22. The van der Waals surface area contributed by atoms with E-state index in [1.807, 2.05) is 6.07 Å². The van der Waals surface area contributed by atoms with Crippen molar-refractivity contribution in [2.75, 3.05) is 44.2 Å². The Labute approximate surface area is 182 Å². The van der Waals surface area contributed by atoms with Crippen LogP contribution in [0.25, 0.3) is 27.8 Å². The normalized spacial score (nSPS) is 15.0. The third-order valence-corrected chi connectivity index (χ3v) is 6.16. The third-order valence-electron chi connectivity index (χ3n) is 6.16. The van der Waals surface area contributed by atoms with Crippen LogP contribution < -0.4 is 9.80 Å². The molecule has 5 rings (SSSR count). The van der Waals surface area contributed by atoms with Crippen molar-refractivity contribution >= 4 is 16.9 Å². The number of anilines is 1. The highest BCUT2D eigenvalue weighted by atomic mass is 16.3. The summed E-state index contributed by atoms with van der Waals surface area (Å²) in [7, 11) is 0. The zero-order valence-corrected chi connectivity index (χ0v) is 17.8. The molecular formula is C25H28N5O+. The van der Waals surface area contributed by atoms with Gasteiger partial charge in [0.15, 0.2) is 5.65 Å². The average molecular weight is 415 g/mol. The molecule has 2 aromatic carbocycles. The first-order valence-corrected chi connectivity index (χ1v) is 10.9. The van der Waals surface area contributed by atoms with Crippen LogP contribution in [0.15, 0.2) is 67.1 Å². The smallest absolute Gasteiger partial charge is 0.150 e. The van der Waals surface area contributed by atoms with Gasteiger partial charge in [0.1, 0.15) is 18.7 Å². The number of nitrogens with one attached hydrogen (secondary N) is 1. The van der Waals surface area contributed by atoms with E-state index < -0.39 is 0 Å². The maximum atomic E-state index is 9.28. The van der Waals surface area contributed by atoms with Crippen molar-refractivity contribution in [2.45, 2.75) is 6.92 Å². The Kier molecular flexibility index (Phi) is 5.40. The van der Waals surface area contributed by atoms with Gasteiger partial charge in [0.25, 0.3) is 0 Å². The molecule has 0 atom stereocenters. The molecule has 1 aliphatic heterocycles. The summed E-state index contributed by atoms with van der Waals surface area (Å²) in [6, 6.07) is 19.0. The van der Waals surface area contributed by atoms with E-state index in [1.54, 1.807) is 6.33 Å². The highest BCUT2D eigenvalue weighted by Crippen LogP contribution is 2.36. The maximum Gasteiger partial charge on any atom is 0.150 e. The van der Waals surface area contributed by atoms with E-state index in [-0.39, 0.29) is 6.61 Å². The monoisotopic (exact) mass is 414 g/mol. The molecule has 1 aliphatic rings. The van der Waals surface area contributed by atoms with Crippen LogP contribution in [0.2, 0.25) is 0 Å². The molecule has 6 nitrogen and oxygen atoms in total. The molecule has 1 fully saturated rings. The van der Waals surface area contributed by atoms with E-state index in [0.717, 1.165) is 60.8 Å². The zero-order valence-electron chi connectivity index (χ0n) is 17.8. The van der Waals surface area contributed by atoms with Crippen molar-refractivity contribution in [3.63, 3.8) is 0 Å². The summed E-state index contributed by atoms with van der Waals surface area (Å²) in [5.41, 5.74) is 5.57. The van der Waals surface area contributed by atoms with Crippen LogP contribution in [0, 0.1) is 6.92 Å². The molecular weight excluding hydrogens is 386 g/mol. The minimum Gasteiger partial charge on any atom is -0.391 e. The van der Waals surface area contributed by atoms with E-state index in [1.165, 1.54) is 16.0 Å². The van der Waals surface area contributed by atoms with Crippen molar-refractivity contribution in [2.24, 2.45) is 0 Å². The quantitative estimate of drug-likeness (QED) is 0.525. The first kappa shape index (κ1) is 19.7.